The highest BCUT2D eigenvalue weighted by atomic mass is 16.1. The Kier molecular flexibility index (Phi) is 4.77. The number of nitrogens with two attached hydrogens (primary N) is 1. The van der Waals surface area contributed by atoms with Crippen molar-refractivity contribution in [2.45, 2.75) is 25.0 Å². The van der Waals surface area contributed by atoms with Gasteiger partial charge in [0.05, 0.1) is 6.67 Å². The molecule has 7 heteroatoms. The molecule has 7 nitrogen and oxygen atoms in total. The summed E-state index contributed by atoms with van der Waals surface area (Å²) in [6.07, 6.45) is 1.10. The van der Waals surface area contributed by atoms with E-state index in [0.717, 1.165) is 26.1 Å². The molecule has 2 N–H and O–H groups in total. The maximum atomic E-state index is 12.9. The van der Waals surface area contributed by atoms with E-state index >= 15 is 0 Å². The van der Waals surface area contributed by atoms with Gasteiger partial charge < -0.3 is 5.84 Å². The summed E-state index contributed by atoms with van der Waals surface area (Å²) in [7, 11) is 0. The normalized spacial score (nSPS) is 23.1. The smallest absolute Gasteiger partial charge is 0.216 e. The van der Waals surface area contributed by atoms with Crippen molar-refractivity contribution >= 4 is 10.8 Å². The summed E-state index contributed by atoms with van der Waals surface area (Å²) in [6.45, 7) is 3.22. The molecule has 2 heterocycles. The molecule has 0 spiro atoms. The Labute approximate surface area is 173 Å². The van der Waals surface area contributed by atoms with Gasteiger partial charge in [0, 0.05) is 42.5 Å². The number of benzene rings is 3. The molecule has 2 aliphatic rings. The van der Waals surface area contributed by atoms with E-state index in [4.69, 9.17) is 5.84 Å². The average molecular weight is 401 g/mol. The van der Waals surface area contributed by atoms with E-state index in [-0.39, 0.29) is 21.6 Å². The molecule has 5 rings (SSSR count). The minimum absolute atomic E-state index is 0.0474. The second-order valence-corrected chi connectivity index (χ2v) is 8.06. The van der Waals surface area contributed by atoms with Crippen molar-refractivity contribution in [2.24, 2.45) is 15.9 Å². The van der Waals surface area contributed by atoms with Gasteiger partial charge in [-0.05, 0) is 12.0 Å². The van der Waals surface area contributed by atoms with E-state index in [0.29, 0.717) is 29.5 Å². The molecule has 0 amide bonds. The molecule has 2 aliphatic heterocycles. The lowest BCUT2D eigenvalue weighted by molar-refractivity contribution is 0.125. The second-order valence-electron chi connectivity index (χ2n) is 8.06. The largest absolute Gasteiger partial charge is 0.322 e. The van der Waals surface area contributed by atoms with Gasteiger partial charge in [0.15, 0.2) is 5.36 Å². The molecular weight excluding hydrogens is 378 g/mol. The fourth-order valence-electron chi connectivity index (χ4n) is 4.79. The van der Waals surface area contributed by atoms with Crippen molar-refractivity contribution in [3.63, 3.8) is 0 Å². The van der Waals surface area contributed by atoms with Crippen LogP contribution >= 0.6 is 0 Å². The fraction of sp³-hybridized carbons (Fsp3) is 0.304. The second kappa shape index (κ2) is 7.59. The van der Waals surface area contributed by atoms with Crippen LogP contribution in [0.4, 0.5) is 0 Å². The van der Waals surface area contributed by atoms with Crippen molar-refractivity contribution in [2.75, 3.05) is 19.8 Å². The number of piperazine rings is 1. The number of hydrogen-bond donors (Lipinski definition) is 1. The van der Waals surface area contributed by atoms with Gasteiger partial charge >= 0.3 is 0 Å². The Morgan fingerprint density at radius 3 is 2.07 bits per heavy atom. The monoisotopic (exact) mass is 401 g/mol. The van der Waals surface area contributed by atoms with Crippen LogP contribution in [0, 0.1) is 0 Å². The van der Waals surface area contributed by atoms with Crippen molar-refractivity contribution in [3.05, 3.63) is 91.3 Å². The zero-order valence-corrected chi connectivity index (χ0v) is 16.6. The predicted octanol–water partition coefficient (Wildman–Crippen LogP) is 0.0271. The van der Waals surface area contributed by atoms with Gasteiger partial charge in [0.2, 0.25) is 10.9 Å². The van der Waals surface area contributed by atoms with E-state index in [2.05, 4.69) is 44.2 Å². The average Bonchev–Trinajstić information content (AvgIpc) is 3.36. The minimum atomic E-state index is -0.344. The number of rotatable bonds is 4. The molecule has 2 saturated heterocycles. The summed E-state index contributed by atoms with van der Waals surface area (Å²) in [6, 6.07) is 18.1. The molecule has 2 unspecified atom stereocenters. The van der Waals surface area contributed by atoms with Gasteiger partial charge in [-0.3, -0.25) is 24.4 Å². The zero-order chi connectivity index (χ0) is 20.7. The minimum Gasteiger partial charge on any atom is -0.322 e. The zero-order valence-electron chi connectivity index (χ0n) is 16.6. The van der Waals surface area contributed by atoms with Crippen LogP contribution in [0.15, 0.2) is 74.3 Å². The lowest BCUT2D eigenvalue weighted by Gasteiger charge is -2.33. The number of fused-ring (bicyclic) bond motifs is 3. The number of hydrogen-bond acceptors (Lipinski definition) is 7. The van der Waals surface area contributed by atoms with Gasteiger partial charge in [0.25, 0.3) is 0 Å². The van der Waals surface area contributed by atoms with E-state index < -0.39 is 0 Å². The van der Waals surface area contributed by atoms with Crippen molar-refractivity contribution in [3.8, 4) is 0 Å². The number of nitrogens with zero attached hydrogens (tertiary/aromatic N) is 4. The molecule has 0 radical (unpaired) electrons. The predicted molar refractivity (Wildman–Crippen MR) is 115 cm³/mol. The Morgan fingerprint density at radius 1 is 0.833 bits per heavy atom. The Morgan fingerprint density at radius 2 is 1.43 bits per heavy atom. The van der Waals surface area contributed by atoms with E-state index in [9.17, 15) is 9.59 Å². The van der Waals surface area contributed by atoms with Crippen LogP contribution in [0.25, 0.3) is 10.8 Å². The third-order valence-electron chi connectivity index (χ3n) is 6.31. The highest BCUT2D eigenvalue weighted by Crippen LogP contribution is 2.31. The van der Waals surface area contributed by atoms with Crippen molar-refractivity contribution < 1.29 is 0 Å². The molecule has 2 bridgehead atoms. The molecule has 0 aromatic heterocycles. The molecule has 3 aromatic rings. The van der Waals surface area contributed by atoms with Crippen LogP contribution in [0.2, 0.25) is 0 Å². The van der Waals surface area contributed by atoms with Crippen LogP contribution < -0.4 is 27.4 Å². The van der Waals surface area contributed by atoms with Crippen LogP contribution in [-0.2, 0) is 6.54 Å². The highest BCUT2D eigenvalue weighted by molar-refractivity contribution is 5.81. The summed E-state index contributed by atoms with van der Waals surface area (Å²) < 4.78 is 0. The van der Waals surface area contributed by atoms with Crippen molar-refractivity contribution in [1.82, 2.24) is 9.80 Å². The van der Waals surface area contributed by atoms with Crippen molar-refractivity contribution in [1.29, 1.82) is 0 Å². The third kappa shape index (κ3) is 3.16. The van der Waals surface area contributed by atoms with E-state index in [1.165, 1.54) is 5.56 Å². The topological polar surface area (TPSA) is 91.4 Å². The Hall–Kier alpha value is -3.16. The van der Waals surface area contributed by atoms with Crippen LogP contribution in [0.3, 0.4) is 0 Å². The summed E-state index contributed by atoms with van der Waals surface area (Å²) in [5.41, 5.74) is 0.693. The van der Waals surface area contributed by atoms with Gasteiger partial charge in [-0.1, -0.05) is 54.6 Å². The molecule has 2 fully saturated rings. The van der Waals surface area contributed by atoms with E-state index in [1.54, 1.807) is 24.3 Å². The lowest BCUT2D eigenvalue weighted by atomic mass is 10.1. The Bertz CT molecular complexity index is 1310. The summed E-state index contributed by atoms with van der Waals surface area (Å²) in [4.78, 5) is 34.9. The van der Waals surface area contributed by atoms with E-state index in [1.807, 2.05) is 6.07 Å². The maximum absolute atomic E-state index is 12.9. The summed E-state index contributed by atoms with van der Waals surface area (Å²) in [5, 5.41) is 4.33. The third-order valence-corrected chi connectivity index (χ3v) is 6.31. The first-order chi connectivity index (χ1) is 14.7. The van der Waals surface area contributed by atoms with Crippen LogP contribution in [-0.4, -0.2) is 41.6 Å². The van der Waals surface area contributed by atoms with Gasteiger partial charge in [0.1, 0.15) is 5.36 Å². The maximum Gasteiger partial charge on any atom is 0.216 e. The molecule has 30 heavy (non-hydrogen) atoms. The van der Waals surface area contributed by atoms with Gasteiger partial charge in [-0.2, -0.15) is 5.10 Å². The number of likely N-dealkylation sites (tertiary alicyclic amines) is 2. The first kappa shape index (κ1) is 18.8. The quantitative estimate of drug-likeness (QED) is 0.492. The van der Waals surface area contributed by atoms with Gasteiger partial charge in [-0.25, -0.2) is 0 Å². The molecule has 0 aliphatic carbocycles. The first-order valence-corrected chi connectivity index (χ1v) is 10.2. The molecule has 152 valence electrons. The summed E-state index contributed by atoms with van der Waals surface area (Å²) >= 11 is 0. The first-order valence-electron chi connectivity index (χ1n) is 10.2. The highest BCUT2D eigenvalue weighted by Gasteiger charge is 2.42. The molecule has 3 aromatic carbocycles. The molecule has 2 atom stereocenters. The fourth-order valence-corrected chi connectivity index (χ4v) is 4.79. The van der Waals surface area contributed by atoms with Crippen LogP contribution in [0.1, 0.15) is 12.0 Å². The molecular formula is C23H23N5O2. The molecule has 0 saturated carbocycles. The van der Waals surface area contributed by atoms with Crippen LogP contribution in [0.5, 0.6) is 0 Å². The Balaban J connectivity index is 1.39. The lowest BCUT2D eigenvalue weighted by Crippen LogP contribution is -2.51. The van der Waals surface area contributed by atoms with Gasteiger partial charge in [-0.15, -0.1) is 0 Å². The SMILES string of the molecule is NN=c1c(=NCN2CC3CC2CN3Cc2ccccc2)c(=O)c2ccccc2c1=O. The summed E-state index contributed by atoms with van der Waals surface area (Å²) in [5.74, 6) is 5.45. The standard InChI is InChI=1S/C23H23N5O2/c24-26-21-20(22(29)18-8-4-5-9-19(18)23(21)30)25-14-28-13-16-10-17(28)12-27(16)11-15-6-2-1-3-7-15/h1-9,16-17H,10-14,24H2.